The minimum atomic E-state index is -4.63. The van der Waals surface area contributed by atoms with Gasteiger partial charge in [0, 0.05) is 12.8 Å². The van der Waals surface area contributed by atoms with Crippen molar-refractivity contribution < 1.29 is 52.5 Å². The standard InChI is InChI=1S/C43H73O11P/c1-4-5-23-29-40-41(54-40)30-25-20-16-12-8-6-7-9-13-17-21-26-31-42(46)50-35-39(36-52-55(48,49)51-34-38(45)33-44)53-43(47)32-27-22-18-14-10-11-15-19-24-28-37(2)3/h5,7-9,12,17,20-21,23,25,37-41,44-45H,4,6,10-11,13-16,18-19,22,24,26-36H2,1-3H3,(H,48,49)/b9-7-,12-8-,21-17-,23-5-,25-20-/t38-,39+,40?,41?/m0/s1. The maximum atomic E-state index is 12.6. The second-order valence-corrected chi connectivity index (χ2v) is 16.0. The summed E-state index contributed by atoms with van der Waals surface area (Å²) >= 11 is 0. The van der Waals surface area contributed by atoms with Crippen LogP contribution in [0.5, 0.6) is 0 Å². The molecule has 0 amide bonds. The van der Waals surface area contributed by atoms with Crippen LogP contribution < -0.4 is 0 Å². The van der Waals surface area contributed by atoms with Gasteiger partial charge in [0.25, 0.3) is 0 Å². The molecule has 1 aliphatic heterocycles. The van der Waals surface area contributed by atoms with Crippen LogP contribution in [0.3, 0.4) is 0 Å². The van der Waals surface area contributed by atoms with Crippen molar-refractivity contribution >= 4 is 19.8 Å². The van der Waals surface area contributed by atoms with Crippen LogP contribution in [0.1, 0.15) is 143 Å². The molecule has 0 saturated carbocycles. The van der Waals surface area contributed by atoms with Crippen LogP contribution in [0.4, 0.5) is 0 Å². The highest BCUT2D eigenvalue weighted by Crippen LogP contribution is 2.43. The Morgan fingerprint density at radius 3 is 1.80 bits per heavy atom. The van der Waals surface area contributed by atoms with Gasteiger partial charge in [-0.1, -0.05) is 139 Å². The number of allylic oxidation sites excluding steroid dienone is 8. The summed E-state index contributed by atoms with van der Waals surface area (Å²) in [5.41, 5.74) is 0. The van der Waals surface area contributed by atoms with Crippen LogP contribution in [0, 0.1) is 5.92 Å². The number of aliphatic hydroxyl groups is 2. The molecule has 3 N–H and O–H groups in total. The number of hydrogen-bond acceptors (Lipinski definition) is 10. The number of unbranched alkanes of at least 4 members (excludes halogenated alkanes) is 8. The Morgan fingerprint density at radius 2 is 1.22 bits per heavy atom. The van der Waals surface area contributed by atoms with E-state index < -0.39 is 51.8 Å². The SMILES string of the molecule is CC/C=C\CC1OC1C/C=C\C/C=C\C/C=C\C/C=C\CCC(=O)OC[C@H](COP(=O)(O)OC[C@@H](O)CO)OC(=O)CCCCCCCCCCCC(C)C. The van der Waals surface area contributed by atoms with Gasteiger partial charge < -0.3 is 29.3 Å². The third-order valence-electron chi connectivity index (χ3n) is 8.78. The van der Waals surface area contributed by atoms with Gasteiger partial charge in [0.05, 0.1) is 32.0 Å². The number of rotatable bonds is 36. The molecule has 5 atom stereocenters. The van der Waals surface area contributed by atoms with Crippen LogP contribution in [0.15, 0.2) is 60.8 Å². The highest BCUT2D eigenvalue weighted by Gasteiger charge is 2.36. The molecule has 316 valence electrons. The van der Waals surface area contributed by atoms with E-state index in [1.165, 1.54) is 38.5 Å². The van der Waals surface area contributed by atoms with Gasteiger partial charge in [-0.05, 0) is 57.3 Å². The molecule has 0 aliphatic carbocycles. The highest BCUT2D eigenvalue weighted by atomic mass is 31.2. The number of phosphoric ester groups is 1. The number of ether oxygens (including phenoxy) is 3. The Morgan fingerprint density at radius 1 is 0.691 bits per heavy atom. The van der Waals surface area contributed by atoms with E-state index in [0.717, 1.165) is 63.7 Å². The number of hydrogen-bond donors (Lipinski definition) is 3. The molecule has 0 spiro atoms. The molecular formula is C43H73O11P. The third kappa shape index (κ3) is 32.4. The van der Waals surface area contributed by atoms with E-state index in [1.807, 2.05) is 12.2 Å². The maximum absolute atomic E-state index is 12.6. The van der Waals surface area contributed by atoms with Crippen LogP contribution in [0.25, 0.3) is 0 Å². The Bertz CT molecular complexity index is 1180. The number of aliphatic hydroxyl groups excluding tert-OH is 2. The van der Waals surface area contributed by atoms with Gasteiger partial charge in [-0.15, -0.1) is 0 Å². The van der Waals surface area contributed by atoms with E-state index in [1.54, 1.807) is 0 Å². The number of phosphoric acid groups is 1. The average Bonchev–Trinajstić information content (AvgIpc) is 3.91. The molecule has 1 rings (SSSR count). The fourth-order valence-electron chi connectivity index (χ4n) is 5.48. The topological polar surface area (TPSA) is 161 Å². The Balaban J connectivity index is 2.31. The van der Waals surface area contributed by atoms with Crippen molar-refractivity contribution in [2.75, 3.05) is 26.4 Å². The molecule has 1 saturated heterocycles. The summed E-state index contributed by atoms with van der Waals surface area (Å²) in [7, 11) is -4.63. The van der Waals surface area contributed by atoms with Crippen LogP contribution in [-0.2, 0) is 37.4 Å². The van der Waals surface area contributed by atoms with Crippen molar-refractivity contribution in [3.05, 3.63) is 60.8 Å². The molecule has 0 radical (unpaired) electrons. The number of epoxide rings is 1. The van der Waals surface area contributed by atoms with Gasteiger partial charge in [-0.3, -0.25) is 18.6 Å². The van der Waals surface area contributed by atoms with E-state index >= 15 is 0 Å². The summed E-state index contributed by atoms with van der Waals surface area (Å²) < 4.78 is 38.2. The zero-order valence-electron chi connectivity index (χ0n) is 34.0. The molecule has 1 fully saturated rings. The van der Waals surface area contributed by atoms with Crippen LogP contribution in [0.2, 0.25) is 0 Å². The number of carbonyl (C=O) groups excluding carboxylic acids is 2. The van der Waals surface area contributed by atoms with Gasteiger partial charge in [0.2, 0.25) is 0 Å². The molecule has 0 aromatic rings. The molecular weight excluding hydrogens is 723 g/mol. The lowest BCUT2D eigenvalue weighted by Crippen LogP contribution is -2.29. The first kappa shape index (κ1) is 50.6. The summed E-state index contributed by atoms with van der Waals surface area (Å²) in [5.74, 6) is -0.268. The summed E-state index contributed by atoms with van der Waals surface area (Å²) in [4.78, 5) is 34.9. The lowest BCUT2D eigenvalue weighted by molar-refractivity contribution is -0.161. The Labute approximate surface area is 331 Å². The quantitative estimate of drug-likeness (QED) is 0.0182. The molecule has 55 heavy (non-hydrogen) atoms. The van der Waals surface area contributed by atoms with Gasteiger partial charge in [0.15, 0.2) is 6.10 Å². The predicted octanol–water partition coefficient (Wildman–Crippen LogP) is 9.56. The molecule has 0 aromatic carbocycles. The molecule has 0 bridgehead atoms. The molecule has 12 heteroatoms. The van der Waals surface area contributed by atoms with Crippen molar-refractivity contribution in [3.63, 3.8) is 0 Å². The lowest BCUT2D eigenvalue weighted by atomic mass is 10.0. The average molecular weight is 797 g/mol. The first-order valence-electron chi connectivity index (χ1n) is 20.7. The largest absolute Gasteiger partial charge is 0.472 e. The van der Waals surface area contributed by atoms with Crippen molar-refractivity contribution in [1.82, 2.24) is 0 Å². The van der Waals surface area contributed by atoms with Crippen LogP contribution >= 0.6 is 7.82 Å². The van der Waals surface area contributed by atoms with E-state index in [4.69, 9.17) is 23.8 Å². The van der Waals surface area contributed by atoms with E-state index in [-0.39, 0.29) is 19.4 Å². The lowest BCUT2D eigenvalue weighted by Gasteiger charge is -2.20. The second kappa shape index (κ2) is 33.7. The summed E-state index contributed by atoms with van der Waals surface area (Å²) in [5, 5.41) is 18.3. The first-order valence-corrected chi connectivity index (χ1v) is 22.2. The van der Waals surface area contributed by atoms with E-state index in [0.29, 0.717) is 25.0 Å². The Hall–Kier alpha value is -2.37. The van der Waals surface area contributed by atoms with Crippen molar-refractivity contribution in [2.45, 2.75) is 167 Å². The zero-order valence-corrected chi connectivity index (χ0v) is 34.9. The Kier molecular flexibility index (Phi) is 31.1. The minimum Gasteiger partial charge on any atom is -0.462 e. The monoisotopic (exact) mass is 796 g/mol. The second-order valence-electron chi connectivity index (χ2n) is 14.5. The predicted molar refractivity (Wildman–Crippen MR) is 218 cm³/mol. The third-order valence-corrected chi connectivity index (χ3v) is 9.73. The van der Waals surface area contributed by atoms with E-state index in [9.17, 15) is 24.2 Å². The molecule has 0 aromatic heterocycles. The smallest absolute Gasteiger partial charge is 0.462 e. The molecule has 1 aliphatic rings. The van der Waals surface area contributed by atoms with Crippen molar-refractivity contribution in [2.24, 2.45) is 5.92 Å². The van der Waals surface area contributed by atoms with Crippen molar-refractivity contribution in [1.29, 1.82) is 0 Å². The fraction of sp³-hybridized carbons (Fsp3) is 0.721. The molecule has 1 heterocycles. The summed E-state index contributed by atoms with van der Waals surface area (Å²) in [6.07, 6.45) is 36.9. The van der Waals surface area contributed by atoms with E-state index in [2.05, 4.69) is 73.9 Å². The van der Waals surface area contributed by atoms with Gasteiger partial charge in [0.1, 0.15) is 12.7 Å². The van der Waals surface area contributed by atoms with Crippen LogP contribution in [-0.4, -0.2) is 77.9 Å². The number of esters is 2. The van der Waals surface area contributed by atoms with Crippen molar-refractivity contribution in [3.8, 4) is 0 Å². The maximum Gasteiger partial charge on any atom is 0.472 e. The highest BCUT2D eigenvalue weighted by molar-refractivity contribution is 7.47. The van der Waals surface area contributed by atoms with Gasteiger partial charge in [-0.2, -0.15) is 0 Å². The fourth-order valence-corrected chi connectivity index (χ4v) is 6.27. The normalized spacial score (nSPS) is 18.3. The molecule has 3 unspecified atom stereocenters. The zero-order chi connectivity index (χ0) is 40.4. The minimum absolute atomic E-state index is 0.111. The summed E-state index contributed by atoms with van der Waals surface area (Å²) in [6.45, 7) is 4.44. The van der Waals surface area contributed by atoms with Gasteiger partial charge in [-0.25, -0.2) is 4.57 Å². The number of carbonyl (C=O) groups is 2. The first-order chi connectivity index (χ1) is 26.6. The van der Waals surface area contributed by atoms with Gasteiger partial charge >= 0.3 is 19.8 Å². The summed E-state index contributed by atoms with van der Waals surface area (Å²) in [6, 6.07) is 0. The molecule has 11 nitrogen and oxygen atoms in total.